The molecule has 0 aromatic heterocycles. The molecule has 1 nitrogen and oxygen atoms in total. The molecule has 0 saturated heterocycles. The van der Waals surface area contributed by atoms with Crippen LogP contribution in [0.25, 0.3) is 0 Å². The molecule has 17 heavy (non-hydrogen) atoms. The first-order chi connectivity index (χ1) is 8.41. The maximum Gasteiger partial charge on any atom is -0.00624 e. The van der Waals surface area contributed by atoms with E-state index in [0.29, 0.717) is 0 Å². The van der Waals surface area contributed by atoms with Crippen LogP contribution in [0.2, 0.25) is 0 Å². The van der Waals surface area contributed by atoms with Gasteiger partial charge >= 0.3 is 0 Å². The smallest absolute Gasteiger partial charge is 0.00624 e. The van der Waals surface area contributed by atoms with Crippen molar-refractivity contribution in [2.75, 3.05) is 0 Å². The average Bonchev–Trinajstić information content (AvgIpc) is 2.35. The van der Waals surface area contributed by atoms with E-state index in [-0.39, 0.29) is 0 Å². The lowest BCUT2D eigenvalue weighted by Crippen LogP contribution is -1.77. The van der Waals surface area contributed by atoms with Gasteiger partial charge in [-0.3, -0.25) is 0 Å². The third-order valence-electron chi connectivity index (χ3n) is 2.53. The molecule has 96 valence electrons. The van der Waals surface area contributed by atoms with Gasteiger partial charge in [-0.05, 0) is 25.1 Å². The first-order valence-corrected chi connectivity index (χ1v) is 6.78. The van der Waals surface area contributed by atoms with Crippen molar-refractivity contribution < 1.29 is 0 Å². The summed E-state index contributed by atoms with van der Waals surface area (Å²) < 4.78 is 0. The fourth-order valence-electron chi connectivity index (χ4n) is 1.54. The summed E-state index contributed by atoms with van der Waals surface area (Å²) in [4.78, 5) is 0. The second-order valence-electron chi connectivity index (χ2n) is 4.14. The van der Waals surface area contributed by atoms with E-state index >= 15 is 0 Å². The Hall–Kier alpha value is -1.24. The largest absolute Gasteiger partial charge is 0.405 e. The van der Waals surface area contributed by atoms with E-state index in [0.717, 1.165) is 0 Å². The van der Waals surface area contributed by atoms with E-state index in [9.17, 15) is 0 Å². The number of nitrogens with two attached hydrogens (primary N) is 1. The van der Waals surface area contributed by atoms with E-state index in [1.165, 1.54) is 51.1 Å². The molecule has 0 aliphatic rings. The first-order valence-electron chi connectivity index (χ1n) is 6.78. The van der Waals surface area contributed by atoms with Gasteiger partial charge in [0.2, 0.25) is 0 Å². The number of rotatable bonds is 10. The Balaban J connectivity index is 3.30. The van der Waals surface area contributed by atoms with Crippen LogP contribution in [0.3, 0.4) is 0 Å². The van der Waals surface area contributed by atoms with Crippen LogP contribution in [0.4, 0.5) is 0 Å². The van der Waals surface area contributed by atoms with Gasteiger partial charge in [-0.25, -0.2) is 0 Å². The van der Waals surface area contributed by atoms with Crippen LogP contribution in [0, 0.1) is 0 Å². The molecule has 0 heterocycles. The molecule has 0 bridgehead atoms. The lowest BCUT2D eigenvalue weighted by molar-refractivity contribution is 0.611. The molecule has 1 heteroatoms. The maximum absolute atomic E-state index is 5.20. The van der Waals surface area contributed by atoms with Crippen molar-refractivity contribution in [3.05, 3.63) is 48.7 Å². The van der Waals surface area contributed by atoms with Gasteiger partial charge in [0.25, 0.3) is 0 Å². The van der Waals surface area contributed by atoms with Gasteiger partial charge in [0.1, 0.15) is 0 Å². The minimum Gasteiger partial charge on any atom is -0.405 e. The van der Waals surface area contributed by atoms with Crippen LogP contribution in [0.5, 0.6) is 0 Å². The fourth-order valence-corrected chi connectivity index (χ4v) is 1.54. The van der Waals surface area contributed by atoms with Gasteiger partial charge in [-0.2, -0.15) is 0 Å². The quantitative estimate of drug-likeness (QED) is 0.422. The molecule has 0 atom stereocenters. The van der Waals surface area contributed by atoms with Crippen LogP contribution in [0.15, 0.2) is 48.7 Å². The highest BCUT2D eigenvalue weighted by Crippen LogP contribution is 2.07. The Morgan fingerprint density at radius 2 is 1.29 bits per heavy atom. The van der Waals surface area contributed by atoms with Crippen molar-refractivity contribution in [2.24, 2.45) is 5.73 Å². The highest BCUT2D eigenvalue weighted by molar-refractivity contribution is 5.14. The lowest BCUT2D eigenvalue weighted by atomic mass is 10.1. The number of hydrogen-bond donors (Lipinski definition) is 1. The standard InChI is InChI=1S/C16H27N/c1-2-3-4-5-6-7-8-9-10-11-12-13-14-15-16-17/h9-16H,2-8,17H2,1H3. The molecular formula is C16H27N. The monoisotopic (exact) mass is 233 g/mol. The number of hydrogen-bond acceptors (Lipinski definition) is 1. The van der Waals surface area contributed by atoms with Crippen LogP contribution in [0.1, 0.15) is 51.9 Å². The minimum absolute atomic E-state index is 1.20. The van der Waals surface area contributed by atoms with Crippen molar-refractivity contribution in [3.8, 4) is 0 Å². The number of allylic oxidation sites excluding steroid dienone is 7. The molecule has 0 aliphatic heterocycles. The van der Waals surface area contributed by atoms with Gasteiger partial charge in [0.15, 0.2) is 0 Å². The van der Waals surface area contributed by atoms with E-state index in [1.54, 1.807) is 0 Å². The summed E-state index contributed by atoms with van der Waals surface area (Å²) in [5.41, 5.74) is 5.20. The van der Waals surface area contributed by atoms with Gasteiger partial charge in [0, 0.05) is 0 Å². The molecular weight excluding hydrogens is 206 g/mol. The number of unbranched alkanes of at least 4 members (excludes halogenated alkanes) is 6. The third kappa shape index (κ3) is 14.8. The second kappa shape index (κ2) is 14.8. The van der Waals surface area contributed by atoms with Crippen LogP contribution >= 0.6 is 0 Å². The van der Waals surface area contributed by atoms with Crippen LogP contribution < -0.4 is 5.73 Å². The zero-order valence-electron chi connectivity index (χ0n) is 11.1. The van der Waals surface area contributed by atoms with Crippen molar-refractivity contribution in [2.45, 2.75) is 51.9 Å². The highest BCUT2D eigenvalue weighted by atomic mass is 14.5. The Kier molecular flexibility index (Phi) is 13.7. The second-order valence-corrected chi connectivity index (χ2v) is 4.14. The minimum atomic E-state index is 1.20. The van der Waals surface area contributed by atoms with Crippen molar-refractivity contribution in [1.29, 1.82) is 0 Å². The van der Waals surface area contributed by atoms with E-state index in [1.807, 2.05) is 24.3 Å². The molecule has 0 aliphatic carbocycles. The molecule has 2 N–H and O–H groups in total. The van der Waals surface area contributed by atoms with Gasteiger partial charge in [0.05, 0.1) is 0 Å². The van der Waals surface area contributed by atoms with Crippen molar-refractivity contribution in [3.63, 3.8) is 0 Å². The summed E-state index contributed by atoms with van der Waals surface area (Å²) in [6.07, 6.45) is 25.0. The summed E-state index contributed by atoms with van der Waals surface area (Å²) in [7, 11) is 0. The van der Waals surface area contributed by atoms with E-state index < -0.39 is 0 Å². The summed E-state index contributed by atoms with van der Waals surface area (Å²) in [5.74, 6) is 0. The lowest BCUT2D eigenvalue weighted by Gasteiger charge is -1.97. The zero-order chi connectivity index (χ0) is 12.6. The van der Waals surface area contributed by atoms with Gasteiger partial charge in [-0.15, -0.1) is 0 Å². The summed E-state index contributed by atoms with van der Waals surface area (Å²) in [6, 6.07) is 0. The molecule has 0 unspecified atom stereocenters. The van der Waals surface area contributed by atoms with Crippen LogP contribution in [-0.2, 0) is 0 Å². The molecule has 0 rings (SSSR count). The summed E-state index contributed by atoms with van der Waals surface area (Å²) in [5, 5.41) is 0. The third-order valence-corrected chi connectivity index (χ3v) is 2.53. The highest BCUT2D eigenvalue weighted by Gasteiger charge is 1.87. The average molecular weight is 233 g/mol. The topological polar surface area (TPSA) is 26.0 Å². The Bertz CT molecular complexity index is 246. The van der Waals surface area contributed by atoms with Crippen molar-refractivity contribution in [1.82, 2.24) is 0 Å². The van der Waals surface area contributed by atoms with E-state index in [2.05, 4.69) is 25.2 Å². The predicted octanol–water partition coefficient (Wildman–Crippen LogP) is 4.88. The fraction of sp³-hybridized carbons (Fsp3) is 0.500. The summed E-state index contributed by atoms with van der Waals surface area (Å²) >= 11 is 0. The zero-order valence-corrected chi connectivity index (χ0v) is 11.1. The SMILES string of the molecule is CCCCCCCCC=CC=CC=CC=CN. The molecule has 0 fully saturated rings. The Morgan fingerprint density at radius 1 is 0.706 bits per heavy atom. The Morgan fingerprint density at radius 3 is 2.00 bits per heavy atom. The Labute approximate surface area is 107 Å². The molecule has 0 spiro atoms. The molecule has 0 aromatic rings. The molecule has 0 saturated carbocycles. The molecule has 0 radical (unpaired) electrons. The molecule has 0 aromatic carbocycles. The first kappa shape index (κ1) is 15.8. The predicted molar refractivity (Wildman–Crippen MR) is 78.7 cm³/mol. The van der Waals surface area contributed by atoms with Crippen molar-refractivity contribution >= 4 is 0 Å². The van der Waals surface area contributed by atoms with Gasteiger partial charge < -0.3 is 5.73 Å². The molecule has 0 amide bonds. The van der Waals surface area contributed by atoms with Gasteiger partial charge in [-0.1, -0.05) is 75.5 Å². The maximum atomic E-state index is 5.20. The van der Waals surface area contributed by atoms with Crippen LogP contribution in [-0.4, -0.2) is 0 Å². The normalized spacial score (nSPS) is 12.8. The summed E-state index contributed by atoms with van der Waals surface area (Å²) in [6.45, 7) is 2.26. The van der Waals surface area contributed by atoms with E-state index in [4.69, 9.17) is 5.73 Å².